The smallest absolute Gasteiger partial charge is 0.327 e. The van der Waals surface area contributed by atoms with Gasteiger partial charge >= 0.3 is 5.69 Å². The third-order valence-electron chi connectivity index (χ3n) is 3.92. The SMILES string of the molecule is Cc1nccn1Cc1cccc(CNc2cccc(F)c2[N+](=O)[O-])c1. The number of aromatic nitrogens is 2. The van der Waals surface area contributed by atoms with Crippen molar-refractivity contribution in [1.82, 2.24) is 9.55 Å². The van der Waals surface area contributed by atoms with Gasteiger partial charge in [0.2, 0.25) is 5.82 Å². The number of para-hydroxylation sites is 1. The molecular formula is C18H17FN4O2. The van der Waals surface area contributed by atoms with Gasteiger partial charge in [0.25, 0.3) is 0 Å². The minimum Gasteiger partial charge on any atom is -0.375 e. The van der Waals surface area contributed by atoms with Gasteiger partial charge in [-0.2, -0.15) is 4.39 Å². The van der Waals surface area contributed by atoms with Crippen LogP contribution >= 0.6 is 0 Å². The number of aryl methyl sites for hydroxylation is 1. The minimum atomic E-state index is -0.848. The second kappa shape index (κ2) is 7.12. The molecule has 128 valence electrons. The summed E-state index contributed by atoms with van der Waals surface area (Å²) in [6.45, 7) is 3.00. The second-order valence-corrected chi connectivity index (χ2v) is 5.67. The van der Waals surface area contributed by atoms with Crippen molar-refractivity contribution in [1.29, 1.82) is 0 Å². The molecule has 0 unspecified atom stereocenters. The van der Waals surface area contributed by atoms with E-state index in [1.165, 1.54) is 12.1 Å². The van der Waals surface area contributed by atoms with Gasteiger partial charge in [0.15, 0.2) is 0 Å². The standard InChI is InChI=1S/C18H17FN4O2/c1-13-20-8-9-22(13)12-15-5-2-4-14(10-15)11-21-17-7-3-6-16(19)18(17)23(24)25/h2-10,21H,11-12H2,1H3. The van der Waals surface area contributed by atoms with Crippen LogP contribution in [0.3, 0.4) is 0 Å². The average Bonchev–Trinajstić information content (AvgIpc) is 2.98. The number of benzene rings is 2. The first-order valence-electron chi connectivity index (χ1n) is 7.77. The predicted octanol–water partition coefficient (Wildman–Crippen LogP) is 3.90. The van der Waals surface area contributed by atoms with E-state index < -0.39 is 16.4 Å². The number of imidazole rings is 1. The monoisotopic (exact) mass is 340 g/mol. The number of hydrogen-bond acceptors (Lipinski definition) is 4. The van der Waals surface area contributed by atoms with Crippen molar-refractivity contribution in [2.75, 3.05) is 5.32 Å². The highest BCUT2D eigenvalue weighted by atomic mass is 19.1. The molecule has 0 aliphatic heterocycles. The Morgan fingerprint density at radius 2 is 2.00 bits per heavy atom. The molecule has 0 radical (unpaired) electrons. The summed E-state index contributed by atoms with van der Waals surface area (Å²) in [5.41, 5.74) is 1.68. The molecule has 3 aromatic rings. The van der Waals surface area contributed by atoms with Crippen LogP contribution in [0.5, 0.6) is 0 Å². The lowest BCUT2D eigenvalue weighted by Gasteiger charge is -2.10. The lowest BCUT2D eigenvalue weighted by atomic mass is 10.1. The van der Waals surface area contributed by atoms with Crippen LogP contribution < -0.4 is 5.32 Å². The van der Waals surface area contributed by atoms with Crippen molar-refractivity contribution in [2.24, 2.45) is 0 Å². The Labute approximate surface area is 144 Å². The summed E-state index contributed by atoms with van der Waals surface area (Å²) >= 11 is 0. The van der Waals surface area contributed by atoms with E-state index in [9.17, 15) is 14.5 Å². The number of anilines is 1. The van der Waals surface area contributed by atoms with E-state index in [-0.39, 0.29) is 5.69 Å². The lowest BCUT2D eigenvalue weighted by Crippen LogP contribution is -2.05. The van der Waals surface area contributed by atoms with Gasteiger partial charge in [-0.3, -0.25) is 10.1 Å². The molecular weight excluding hydrogens is 323 g/mol. The fourth-order valence-corrected chi connectivity index (χ4v) is 2.65. The molecule has 3 rings (SSSR count). The summed E-state index contributed by atoms with van der Waals surface area (Å²) in [5, 5.41) is 14.0. The summed E-state index contributed by atoms with van der Waals surface area (Å²) in [5.74, 6) is 0.0817. The van der Waals surface area contributed by atoms with Crippen LogP contribution in [0.15, 0.2) is 54.9 Å². The molecule has 6 nitrogen and oxygen atoms in total. The molecule has 0 spiro atoms. The fraction of sp³-hybridized carbons (Fsp3) is 0.167. The summed E-state index contributed by atoms with van der Waals surface area (Å²) in [6.07, 6.45) is 3.67. The molecule has 1 aromatic heterocycles. The van der Waals surface area contributed by atoms with Gasteiger partial charge in [0.05, 0.1) is 4.92 Å². The van der Waals surface area contributed by atoms with Gasteiger partial charge in [0.1, 0.15) is 11.5 Å². The molecule has 1 N–H and O–H groups in total. The van der Waals surface area contributed by atoms with E-state index in [0.29, 0.717) is 13.1 Å². The Morgan fingerprint density at radius 3 is 2.72 bits per heavy atom. The van der Waals surface area contributed by atoms with Crippen LogP contribution in [-0.2, 0) is 13.1 Å². The molecule has 0 fully saturated rings. The van der Waals surface area contributed by atoms with E-state index in [4.69, 9.17) is 0 Å². The van der Waals surface area contributed by atoms with Gasteiger partial charge in [-0.25, -0.2) is 4.98 Å². The molecule has 7 heteroatoms. The maximum Gasteiger partial charge on any atom is 0.327 e. The first-order valence-corrected chi connectivity index (χ1v) is 7.77. The molecule has 0 saturated heterocycles. The van der Waals surface area contributed by atoms with Crippen molar-refractivity contribution in [3.05, 3.63) is 87.7 Å². The van der Waals surface area contributed by atoms with Crippen molar-refractivity contribution in [3.8, 4) is 0 Å². The lowest BCUT2D eigenvalue weighted by molar-refractivity contribution is -0.386. The molecule has 2 aromatic carbocycles. The number of rotatable bonds is 6. The summed E-state index contributed by atoms with van der Waals surface area (Å²) in [7, 11) is 0. The quantitative estimate of drug-likeness (QED) is 0.545. The van der Waals surface area contributed by atoms with Crippen LogP contribution in [0.2, 0.25) is 0 Å². The summed E-state index contributed by atoms with van der Waals surface area (Å²) in [4.78, 5) is 14.5. The molecule has 0 amide bonds. The highest BCUT2D eigenvalue weighted by molar-refractivity contribution is 5.62. The van der Waals surface area contributed by atoms with Crippen molar-refractivity contribution in [3.63, 3.8) is 0 Å². The number of nitro groups is 1. The molecule has 0 bridgehead atoms. The first kappa shape index (κ1) is 16.6. The maximum atomic E-state index is 13.6. The van der Waals surface area contributed by atoms with Crippen LogP contribution in [0.4, 0.5) is 15.8 Å². The molecule has 0 aliphatic rings. The maximum absolute atomic E-state index is 13.6. The molecule has 1 heterocycles. The largest absolute Gasteiger partial charge is 0.375 e. The Bertz CT molecular complexity index is 908. The number of hydrogen-bond donors (Lipinski definition) is 1. The highest BCUT2D eigenvalue weighted by Gasteiger charge is 2.19. The van der Waals surface area contributed by atoms with Gasteiger partial charge < -0.3 is 9.88 Å². The topological polar surface area (TPSA) is 73.0 Å². The molecule has 0 aliphatic carbocycles. The second-order valence-electron chi connectivity index (χ2n) is 5.67. The van der Waals surface area contributed by atoms with E-state index in [1.54, 1.807) is 6.20 Å². The number of nitrogens with one attached hydrogen (secondary N) is 1. The minimum absolute atomic E-state index is 0.167. The predicted molar refractivity (Wildman–Crippen MR) is 92.9 cm³/mol. The number of halogens is 1. The Kier molecular flexibility index (Phi) is 4.74. The van der Waals surface area contributed by atoms with E-state index in [1.807, 2.05) is 42.0 Å². The van der Waals surface area contributed by atoms with Crippen LogP contribution in [0.1, 0.15) is 17.0 Å². The Balaban J connectivity index is 1.74. The first-order chi connectivity index (χ1) is 12.0. The van der Waals surface area contributed by atoms with E-state index in [2.05, 4.69) is 10.3 Å². The summed E-state index contributed by atoms with van der Waals surface area (Å²) < 4.78 is 15.7. The molecule has 25 heavy (non-hydrogen) atoms. The van der Waals surface area contributed by atoms with Crippen molar-refractivity contribution >= 4 is 11.4 Å². The van der Waals surface area contributed by atoms with Crippen molar-refractivity contribution in [2.45, 2.75) is 20.0 Å². The number of nitro benzene ring substituents is 1. The zero-order valence-electron chi connectivity index (χ0n) is 13.6. The third kappa shape index (κ3) is 3.82. The third-order valence-corrected chi connectivity index (χ3v) is 3.92. The number of nitrogens with zero attached hydrogens (tertiary/aromatic N) is 3. The van der Waals surface area contributed by atoms with Crippen LogP contribution in [0, 0.1) is 22.9 Å². The normalized spacial score (nSPS) is 10.6. The van der Waals surface area contributed by atoms with Crippen LogP contribution in [0.25, 0.3) is 0 Å². The average molecular weight is 340 g/mol. The summed E-state index contributed by atoms with van der Waals surface area (Å²) in [6, 6.07) is 11.9. The van der Waals surface area contributed by atoms with E-state index >= 15 is 0 Å². The Morgan fingerprint density at radius 1 is 1.24 bits per heavy atom. The van der Waals surface area contributed by atoms with Gasteiger partial charge in [-0.05, 0) is 30.2 Å². The van der Waals surface area contributed by atoms with Gasteiger partial charge in [0, 0.05) is 25.5 Å². The highest BCUT2D eigenvalue weighted by Crippen LogP contribution is 2.27. The zero-order chi connectivity index (χ0) is 17.8. The Hall–Kier alpha value is -3.22. The molecule has 0 saturated carbocycles. The van der Waals surface area contributed by atoms with Crippen LogP contribution in [-0.4, -0.2) is 14.5 Å². The van der Waals surface area contributed by atoms with E-state index in [0.717, 1.165) is 23.0 Å². The molecule has 0 atom stereocenters. The van der Waals surface area contributed by atoms with Gasteiger partial charge in [-0.15, -0.1) is 0 Å². The van der Waals surface area contributed by atoms with Gasteiger partial charge in [-0.1, -0.05) is 30.3 Å². The van der Waals surface area contributed by atoms with Crippen molar-refractivity contribution < 1.29 is 9.31 Å². The fourth-order valence-electron chi connectivity index (χ4n) is 2.65. The zero-order valence-corrected chi connectivity index (χ0v) is 13.6.